The number of amides is 1. The van der Waals surface area contributed by atoms with E-state index in [-0.39, 0.29) is 23.1 Å². The lowest BCUT2D eigenvalue weighted by Gasteiger charge is -2.21. The fourth-order valence-corrected chi connectivity index (χ4v) is 3.67. The van der Waals surface area contributed by atoms with Crippen molar-refractivity contribution in [2.45, 2.75) is 31.9 Å². The van der Waals surface area contributed by atoms with Gasteiger partial charge in [0, 0.05) is 23.4 Å². The molecule has 1 aliphatic heterocycles. The summed E-state index contributed by atoms with van der Waals surface area (Å²) in [5, 5.41) is 13.1. The quantitative estimate of drug-likeness (QED) is 0.580. The van der Waals surface area contributed by atoms with Crippen LogP contribution in [-0.4, -0.2) is 28.7 Å². The molecule has 1 saturated heterocycles. The van der Waals surface area contributed by atoms with Gasteiger partial charge >= 0.3 is 0 Å². The van der Waals surface area contributed by atoms with Gasteiger partial charge in [0.25, 0.3) is 5.91 Å². The third-order valence-corrected chi connectivity index (χ3v) is 5.27. The summed E-state index contributed by atoms with van der Waals surface area (Å²) < 4.78 is 32.9. The SMILES string of the molecule is Cc1cc(C#C[C@H]2CCCO2)cc(C(=O)NC(c2ccc(F)cc2)c2cc(F)ccc2O)n1. The number of phenolic OH excluding ortho intramolecular Hbond substituents is 1. The smallest absolute Gasteiger partial charge is 0.270 e. The monoisotopic (exact) mass is 448 g/mol. The Bertz CT molecular complexity index is 1230. The van der Waals surface area contributed by atoms with Crippen molar-refractivity contribution in [3.05, 3.63) is 94.3 Å². The first-order valence-electron chi connectivity index (χ1n) is 10.6. The van der Waals surface area contributed by atoms with Gasteiger partial charge < -0.3 is 15.2 Å². The van der Waals surface area contributed by atoms with Gasteiger partial charge in [0.15, 0.2) is 0 Å². The molecule has 168 valence electrons. The van der Waals surface area contributed by atoms with Crippen LogP contribution >= 0.6 is 0 Å². The topological polar surface area (TPSA) is 71.5 Å². The average Bonchev–Trinajstić information content (AvgIpc) is 3.32. The molecule has 2 aromatic carbocycles. The minimum atomic E-state index is -0.933. The van der Waals surface area contributed by atoms with E-state index in [0.29, 0.717) is 23.4 Å². The number of carbonyl (C=O) groups excluding carboxylic acids is 1. The number of ether oxygens (including phenoxy) is 1. The number of benzene rings is 2. The van der Waals surface area contributed by atoms with E-state index < -0.39 is 23.6 Å². The molecule has 0 spiro atoms. The third-order valence-electron chi connectivity index (χ3n) is 5.27. The van der Waals surface area contributed by atoms with E-state index >= 15 is 0 Å². The zero-order valence-electron chi connectivity index (χ0n) is 17.9. The van der Waals surface area contributed by atoms with Crippen LogP contribution < -0.4 is 5.32 Å². The molecule has 0 bridgehead atoms. The summed E-state index contributed by atoms with van der Waals surface area (Å²) in [4.78, 5) is 17.4. The molecule has 1 amide bonds. The first-order valence-corrected chi connectivity index (χ1v) is 10.6. The molecule has 1 unspecified atom stereocenters. The van der Waals surface area contributed by atoms with Crippen molar-refractivity contribution < 1.29 is 23.4 Å². The number of phenols is 1. The van der Waals surface area contributed by atoms with Crippen LogP contribution in [0.2, 0.25) is 0 Å². The zero-order valence-corrected chi connectivity index (χ0v) is 17.9. The van der Waals surface area contributed by atoms with Gasteiger partial charge in [-0.2, -0.15) is 0 Å². The molecule has 33 heavy (non-hydrogen) atoms. The number of aryl methyl sites for hydroxylation is 1. The second-order valence-electron chi connectivity index (χ2n) is 7.81. The summed E-state index contributed by atoms with van der Waals surface area (Å²) in [7, 11) is 0. The van der Waals surface area contributed by atoms with Crippen LogP contribution in [0.4, 0.5) is 8.78 Å². The molecular formula is C26H22F2N2O3. The number of aromatic hydroxyl groups is 1. The van der Waals surface area contributed by atoms with Crippen molar-refractivity contribution in [3.63, 3.8) is 0 Å². The van der Waals surface area contributed by atoms with E-state index in [4.69, 9.17) is 4.74 Å². The lowest BCUT2D eigenvalue weighted by atomic mass is 9.97. The summed E-state index contributed by atoms with van der Waals surface area (Å²) in [6.07, 6.45) is 1.73. The van der Waals surface area contributed by atoms with Crippen molar-refractivity contribution in [1.82, 2.24) is 10.3 Å². The number of carbonyl (C=O) groups is 1. The van der Waals surface area contributed by atoms with Gasteiger partial charge in [-0.1, -0.05) is 24.0 Å². The van der Waals surface area contributed by atoms with Crippen LogP contribution in [0.1, 0.15) is 51.8 Å². The Hall–Kier alpha value is -3.76. The predicted molar refractivity (Wildman–Crippen MR) is 119 cm³/mol. The van der Waals surface area contributed by atoms with Crippen molar-refractivity contribution in [2.24, 2.45) is 0 Å². The maximum atomic E-state index is 13.9. The Morgan fingerprint density at radius 1 is 1.15 bits per heavy atom. The Balaban J connectivity index is 1.65. The molecule has 0 radical (unpaired) electrons. The van der Waals surface area contributed by atoms with E-state index in [1.54, 1.807) is 19.1 Å². The summed E-state index contributed by atoms with van der Waals surface area (Å²) in [5.74, 6) is 4.31. The Morgan fingerprint density at radius 2 is 1.91 bits per heavy atom. The highest BCUT2D eigenvalue weighted by Gasteiger charge is 2.22. The van der Waals surface area contributed by atoms with Crippen LogP contribution in [0.5, 0.6) is 5.75 Å². The number of aromatic nitrogens is 1. The standard InChI is InChI=1S/C26H22F2N2O3/c1-16-13-17(4-10-21-3-2-12-33-21)14-23(29-16)26(32)30-25(18-5-7-19(27)8-6-18)22-15-20(28)9-11-24(22)31/h5-9,11,13-15,21,25,31H,2-3,12H2,1H3,(H,30,32)/t21-,25?/m1/s1. The zero-order chi connectivity index (χ0) is 23.4. The minimum Gasteiger partial charge on any atom is -0.508 e. The molecule has 3 aromatic rings. The highest BCUT2D eigenvalue weighted by molar-refractivity contribution is 5.93. The second-order valence-corrected chi connectivity index (χ2v) is 7.81. The maximum absolute atomic E-state index is 13.9. The van der Waals surface area contributed by atoms with Crippen molar-refractivity contribution in [3.8, 4) is 17.6 Å². The van der Waals surface area contributed by atoms with Crippen LogP contribution in [0.3, 0.4) is 0 Å². The van der Waals surface area contributed by atoms with Crippen LogP contribution in [0, 0.1) is 30.4 Å². The van der Waals surface area contributed by atoms with Crippen LogP contribution in [0.15, 0.2) is 54.6 Å². The predicted octanol–water partition coefficient (Wildman–Crippen LogP) is 4.42. The van der Waals surface area contributed by atoms with Gasteiger partial charge in [0.2, 0.25) is 0 Å². The summed E-state index contributed by atoms with van der Waals surface area (Å²) >= 11 is 0. The average molecular weight is 448 g/mol. The fourth-order valence-electron chi connectivity index (χ4n) is 3.67. The molecule has 4 rings (SSSR count). The molecule has 0 saturated carbocycles. The first-order chi connectivity index (χ1) is 15.9. The van der Waals surface area contributed by atoms with E-state index in [9.17, 15) is 18.7 Å². The molecule has 2 heterocycles. The fraction of sp³-hybridized carbons (Fsp3) is 0.231. The number of nitrogens with one attached hydrogen (secondary N) is 1. The second kappa shape index (κ2) is 9.80. The van der Waals surface area contributed by atoms with Crippen molar-refractivity contribution in [1.29, 1.82) is 0 Å². The summed E-state index contributed by atoms with van der Waals surface area (Å²) in [6.45, 7) is 2.45. The molecule has 0 aliphatic carbocycles. The van der Waals surface area contributed by atoms with E-state index in [1.807, 2.05) is 0 Å². The minimum absolute atomic E-state index is 0.116. The molecule has 2 N–H and O–H groups in total. The summed E-state index contributed by atoms with van der Waals surface area (Å²) in [5.41, 5.74) is 1.95. The van der Waals surface area contributed by atoms with Gasteiger partial charge in [-0.25, -0.2) is 13.8 Å². The molecule has 7 heteroatoms. The number of rotatable bonds is 4. The number of pyridine rings is 1. The highest BCUT2D eigenvalue weighted by Crippen LogP contribution is 2.30. The molecule has 2 atom stereocenters. The maximum Gasteiger partial charge on any atom is 0.270 e. The van der Waals surface area contributed by atoms with Crippen molar-refractivity contribution in [2.75, 3.05) is 6.61 Å². The molecule has 5 nitrogen and oxygen atoms in total. The summed E-state index contributed by atoms with van der Waals surface area (Å²) in [6, 6.07) is 11.2. The normalized spacial score (nSPS) is 16.0. The van der Waals surface area contributed by atoms with E-state index in [1.165, 1.54) is 30.3 Å². The van der Waals surface area contributed by atoms with Crippen molar-refractivity contribution >= 4 is 5.91 Å². The van der Waals surface area contributed by atoms with E-state index in [0.717, 1.165) is 25.0 Å². The third kappa shape index (κ3) is 5.54. The lowest BCUT2D eigenvalue weighted by molar-refractivity contribution is 0.0937. The molecular weight excluding hydrogens is 426 g/mol. The Labute approximate surface area is 190 Å². The largest absolute Gasteiger partial charge is 0.508 e. The Morgan fingerprint density at radius 3 is 2.64 bits per heavy atom. The van der Waals surface area contributed by atoms with Gasteiger partial charge in [0.1, 0.15) is 29.2 Å². The first kappa shape index (κ1) is 22.4. The highest BCUT2D eigenvalue weighted by atomic mass is 19.1. The van der Waals surface area contributed by atoms with Crippen LogP contribution in [0.25, 0.3) is 0 Å². The van der Waals surface area contributed by atoms with Gasteiger partial charge in [-0.3, -0.25) is 4.79 Å². The number of halogens is 2. The van der Waals surface area contributed by atoms with Gasteiger partial charge in [-0.15, -0.1) is 0 Å². The molecule has 1 aliphatic rings. The lowest BCUT2D eigenvalue weighted by Crippen LogP contribution is -2.30. The number of hydrogen-bond acceptors (Lipinski definition) is 4. The van der Waals surface area contributed by atoms with E-state index in [2.05, 4.69) is 22.1 Å². The van der Waals surface area contributed by atoms with Gasteiger partial charge in [-0.05, 0) is 67.8 Å². The molecule has 1 fully saturated rings. The molecule has 1 aromatic heterocycles. The van der Waals surface area contributed by atoms with Crippen LogP contribution in [-0.2, 0) is 4.74 Å². The van der Waals surface area contributed by atoms with Gasteiger partial charge in [0.05, 0.1) is 6.04 Å². The number of nitrogens with zero attached hydrogens (tertiary/aromatic N) is 1. The Kier molecular flexibility index (Phi) is 6.66. The number of hydrogen-bond donors (Lipinski definition) is 2.